The van der Waals surface area contributed by atoms with Gasteiger partial charge in [0.1, 0.15) is 5.75 Å². The molecule has 1 saturated heterocycles. The van der Waals surface area contributed by atoms with Gasteiger partial charge in [0, 0.05) is 19.2 Å². The van der Waals surface area contributed by atoms with Crippen LogP contribution in [-0.2, 0) is 14.3 Å². The predicted molar refractivity (Wildman–Crippen MR) is 128 cm³/mol. The Hall–Kier alpha value is -4.14. The summed E-state index contributed by atoms with van der Waals surface area (Å²) >= 11 is 0. The Morgan fingerprint density at radius 2 is 1.79 bits per heavy atom. The number of esters is 2. The summed E-state index contributed by atoms with van der Waals surface area (Å²) < 4.78 is 10.4. The molecular formula is C25H28N4O5. The lowest BCUT2D eigenvalue weighted by Crippen LogP contribution is -2.42. The van der Waals surface area contributed by atoms with E-state index < -0.39 is 5.97 Å². The molecule has 0 radical (unpaired) electrons. The van der Waals surface area contributed by atoms with Crippen molar-refractivity contribution in [1.29, 1.82) is 0 Å². The van der Waals surface area contributed by atoms with Gasteiger partial charge in [-0.1, -0.05) is 12.1 Å². The number of carbonyl (C=O) groups excluding carboxylic acids is 3. The maximum atomic E-state index is 12.5. The molecule has 2 aromatic carbocycles. The van der Waals surface area contributed by atoms with E-state index in [9.17, 15) is 14.4 Å². The molecule has 1 unspecified atom stereocenters. The molecule has 0 spiro atoms. The van der Waals surface area contributed by atoms with Gasteiger partial charge in [0.05, 0.1) is 23.8 Å². The summed E-state index contributed by atoms with van der Waals surface area (Å²) in [6, 6.07) is 13.1. The number of likely N-dealkylation sites (tertiary alicyclic amines) is 1. The minimum atomic E-state index is -0.514. The molecule has 0 aliphatic carbocycles. The van der Waals surface area contributed by atoms with Gasteiger partial charge in [-0.15, -0.1) is 0 Å². The van der Waals surface area contributed by atoms with Crippen LogP contribution in [0.1, 0.15) is 35.7 Å². The van der Waals surface area contributed by atoms with Gasteiger partial charge in [-0.05, 0) is 67.8 Å². The van der Waals surface area contributed by atoms with Crippen LogP contribution in [0.4, 0.5) is 5.69 Å². The number of nitrogens with two attached hydrogens (primary N) is 2. The Kier molecular flexibility index (Phi) is 8.39. The zero-order valence-electron chi connectivity index (χ0n) is 19.0. The van der Waals surface area contributed by atoms with Crippen molar-refractivity contribution in [3.63, 3.8) is 0 Å². The third-order valence-corrected chi connectivity index (χ3v) is 5.22. The van der Waals surface area contributed by atoms with Crippen LogP contribution in [0.25, 0.3) is 6.08 Å². The van der Waals surface area contributed by atoms with Gasteiger partial charge in [0.15, 0.2) is 5.96 Å². The lowest BCUT2D eigenvalue weighted by molar-refractivity contribution is -0.150. The molecule has 9 nitrogen and oxygen atoms in total. The molecule has 0 bridgehead atoms. The number of carbonyl (C=O) groups is 3. The summed E-state index contributed by atoms with van der Waals surface area (Å²) in [5.74, 6) is -0.912. The third-order valence-electron chi connectivity index (χ3n) is 5.22. The number of hydrogen-bond donors (Lipinski definition) is 2. The van der Waals surface area contributed by atoms with Crippen LogP contribution < -0.4 is 16.2 Å². The average molecular weight is 465 g/mol. The number of piperidine rings is 1. The monoisotopic (exact) mass is 464 g/mol. The third kappa shape index (κ3) is 6.93. The van der Waals surface area contributed by atoms with Crippen LogP contribution in [-0.4, -0.2) is 48.4 Å². The highest BCUT2D eigenvalue weighted by Gasteiger charge is 2.28. The maximum absolute atomic E-state index is 12.5. The molecule has 1 atom stereocenters. The van der Waals surface area contributed by atoms with E-state index in [1.54, 1.807) is 66.4 Å². The van der Waals surface area contributed by atoms with Crippen LogP contribution in [0.3, 0.4) is 0 Å². The number of benzene rings is 2. The van der Waals surface area contributed by atoms with Crippen LogP contribution in [0, 0.1) is 5.92 Å². The lowest BCUT2D eigenvalue weighted by atomic mass is 9.98. The van der Waals surface area contributed by atoms with Crippen molar-refractivity contribution < 1.29 is 23.9 Å². The summed E-state index contributed by atoms with van der Waals surface area (Å²) in [5, 5.41) is 0. The molecule has 4 N–H and O–H groups in total. The van der Waals surface area contributed by atoms with Gasteiger partial charge in [-0.25, -0.2) is 9.79 Å². The minimum Gasteiger partial charge on any atom is -0.466 e. The smallest absolute Gasteiger partial charge is 0.343 e. The van der Waals surface area contributed by atoms with Crippen LogP contribution in [0.2, 0.25) is 0 Å². The largest absolute Gasteiger partial charge is 0.466 e. The van der Waals surface area contributed by atoms with Crippen molar-refractivity contribution in [2.24, 2.45) is 22.4 Å². The zero-order chi connectivity index (χ0) is 24.5. The first-order valence-corrected chi connectivity index (χ1v) is 11.0. The summed E-state index contributed by atoms with van der Waals surface area (Å²) in [6.45, 7) is 3.07. The van der Waals surface area contributed by atoms with Crippen LogP contribution >= 0.6 is 0 Å². The van der Waals surface area contributed by atoms with Crippen molar-refractivity contribution in [2.45, 2.75) is 19.8 Å². The Morgan fingerprint density at radius 1 is 1.09 bits per heavy atom. The van der Waals surface area contributed by atoms with E-state index in [0.29, 0.717) is 36.7 Å². The summed E-state index contributed by atoms with van der Waals surface area (Å²) in [4.78, 5) is 42.5. The van der Waals surface area contributed by atoms with Crippen molar-refractivity contribution in [3.05, 3.63) is 65.7 Å². The Morgan fingerprint density at radius 3 is 2.44 bits per heavy atom. The van der Waals surface area contributed by atoms with E-state index in [4.69, 9.17) is 20.9 Å². The predicted octanol–water partition coefficient (Wildman–Crippen LogP) is 2.63. The van der Waals surface area contributed by atoms with E-state index in [1.807, 2.05) is 0 Å². The van der Waals surface area contributed by atoms with Crippen LogP contribution in [0.5, 0.6) is 5.75 Å². The summed E-state index contributed by atoms with van der Waals surface area (Å²) in [7, 11) is 0. The van der Waals surface area contributed by atoms with Crippen molar-refractivity contribution in [1.82, 2.24) is 4.90 Å². The molecule has 1 aliphatic heterocycles. The fourth-order valence-electron chi connectivity index (χ4n) is 3.54. The van der Waals surface area contributed by atoms with Crippen molar-refractivity contribution in [2.75, 3.05) is 19.7 Å². The maximum Gasteiger partial charge on any atom is 0.343 e. The summed E-state index contributed by atoms with van der Waals surface area (Å²) in [5.41, 5.74) is 12.3. The molecular weight excluding hydrogens is 436 g/mol. The first kappa shape index (κ1) is 24.5. The quantitative estimate of drug-likeness (QED) is 0.211. The molecule has 1 amide bonds. The normalized spacial score (nSPS) is 15.6. The second-order valence-electron chi connectivity index (χ2n) is 7.75. The number of guanidine groups is 1. The molecule has 1 fully saturated rings. The molecule has 1 heterocycles. The van der Waals surface area contributed by atoms with E-state index in [0.717, 1.165) is 18.4 Å². The lowest BCUT2D eigenvalue weighted by Gasteiger charge is -2.30. The van der Waals surface area contributed by atoms with E-state index in [2.05, 4.69) is 4.99 Å². The number of rotatable bonds is 7. The van der Waals surface area contributed by atoms with Gasteiger partial charge in [0.25, 0.3) is 0 Å². The average Bonchev–Trinajstić information content (AvgIpc) is 2.84. The minimum absolute atomic E-state index is 0.0580. The highest BCUT2D eigenvalue weighted by molar-refractivity contribution is 5.93. The molecule has 178 valence electrons. The van der Waals surface area contributed by atoms with Gasteiger partial charge in [0.2, 0.25) is 5.91 Å². The van der Waals surface area contributed by atoms with Gasteiger partial charge < -0.3 is 25.8 Å². The molecule has 9 heteroatoms. The van der Waals surface area contributed by atoms with E-state index >= 15 is 0 Å². The van der Waals surface area contributed by atoms with Gasteiger partial charge in [-0.2, -0.15) is 0 Å². The van der Waals surface area contributed by atoms with E-state index in [-0.39, 0.29) is 23.8 Å². The number of hydrogen-bond acceptors (Lipinski definition) is 6. The highest BCUT2D eigenvalue weighted by atomic mass is 16.5. The molecule has 0 saturated carbocycles. The van der Waals surface area contributed by atoms with Gasteiger partial charge in [-0.3, -0.25) is 9.59 Å². The second-order valence-corrected chi connectivity index (χ2v) is 7.75. The topological polar surface area (TPSA) is 137 Å². The molecule has 0 aromatic heterocycles. The Bertz CT molecular complexity index is 1070. The first-order valence-electron chi connectivity index (χ1n) is 11.0. The molecule has 1 aliphatic rings. The fraction of sp³-hybridized carbons (Fsp3) is 0.280. The Balaban J connectivity index is 1.55. The number of nitrogens with zero attached hydrogens (tertiary/aromatic N) is 2. The van der Waals surface area contributed by atoms with Gasteiger partial charge >= 0.3 is 11.9 Å². The number of ether oxygens (including phenoxy) is 2. The highest BCUT2D eigenvalue weighted by Crippen LogP contribution is 2.20. The SMILES string of the molecule is CCOC(=O)C1CCCN(C(=O)/C=C/c2ccc(C(=O)Oc3ccc(N=C(N)N)cc3)cc2)C1. The Labute approximate surface area is 198 Å². The molecule has 2 aromatic rings. The molecule has 3 rings (SSSR count). The molecule has 34 heavy (non-hydrogen) atoms. The van der Waals surface area contributed by atoms with Crippen molar-refractivity contribution in [3.8, 4) is 5.75 Å². The van der Waals surface area contributed by atoms with Crippen molar-refractivity contribution >= 4 is 35.6 Å². The number of aliphatic imine (C=N–C) groups is 1. The number of amides is 1. The van der Waals surface area contributed by atoms with Crippen LogP contribution in [0.15, 0.2) is 59.6 Å². The first-order chi connectivity index (χ1) is 16.4. The summed E-state index contributed by atoms with van der Waals surface area (Å²) in [6.07, 6.45) is 4.63. The zero-order valence-corrected chi connectivity index (χ0v) is 19.0. The fourth-order valence-corrected chi connectivity index (χ4v) is 3.54. The standard InChI is InChI=1S/C25H28N4O5/c1-2-33-23(31)19-4-3-15-29(16-19)22(30)14-7-17-5-8-18(9-6-17)24(32)34-21-12-10-20(11-13-21)28-25(26)27/h5-14,19H,2-4,15-16H2,1H3,(H4,26,27,28)/b14-7+. The second kappa shape index (κ2) is 11.6. The van der Waals surface area contributed by atoms with E-state index in [1.165, 1.54) is 6.08 Å².